The number of phenols is 1. The van der Waals surface area contributed by atoms with Crippen molar-refractivity contribution in [3.05, 3.63) is 59.2 Å². The van der Waals surface area contributed by atoms with Crippen LogP contribution < -0.4 is 4.18 Å². The highest BCUT2D eigenvalue weighted by Crippen LogP contribution is 2.53. The van der Waals surface area contributed by atoms with Crippen molar-refractivity contribution in [2.24, 2.45) is 0 Å². The fourth-order valence-corrected chi connectivity index (χ4v) is 4.06. The minimum absolute atomic E-state index is 0.0376. The molecule has 1 fully saturated rings. The van der Waals surface area contributed by atoms with Crippen LogP contribution in [0.4, 0.5) is 3.89 Å². The molecule has 2 aromatic rings. The van der Waals surface area contributed by atoms with Gasteiger partial charge in [0, 0.05) is 25.0 Å². The molecule has 4 rings (SSSR count). The highest BCUT2D eigenvalue weighted by Gasteiger charge is 2.49. The number of halogens is 1. The molecule has 1 saturated carbocycles. The number of benzene rings is 2. The third-order valence-corrected chi connectivity index (χ3v) is 5.36. The van der Waals surface area contributed by atoms with E-state index < -0.39 is 10.5 Å². The highest BCUT2D eigenvalue weighted by molar-refractivity contribution is 7.81. The summed E-state index contributed by atoms with van der Waals surface area (Å²) in [6.45, 7) is 2.44. The molecular weight excluding hydrogens is 345 g/mol. The molecule has 5 nitrogen and oxygen atoms in total. The molecule has 0 bridgehead atoms. The Bertz CT molecular complexity index is 907. The number of fused-ring (bicyclic) bond motifs is 2. The third kappa shape index (κ3) is 3.48. The van der Waals surface area contributed by atoms with Gasteiger partial charge in [-0.3, -0.25) is 4.90 Å². The number of rotatable bonds is 4. The number of hydrogen-bond donors (Lipinski definition) is 1. The zero-order valence-electron chi connectivity index (χ0n) is 13.5. The van der Waals surface area contributed by atoms with Crippen molar-refractivity contribution in [1.82, 2.24) is 4.90 Å². The standard InChI is InChI=1S/C18H18FNO4S/c19-25(22,23)24-16-5-1-13(2-6-16)10-20-11-14-3-4-15(21)9-17(14)18(12-20)7-8-18/h1-6,9,21H,7-8,10-12H2. The summed E-state index contributed by atoms with van der Waals surface area (Å²) in [7, 11) is -4.99. The Morgan fingerprint density at radius 3 is 2.52 bits per heavy atom. The lowest BCUT2D eigenvalue weighted by molar-refractivity contribution is 0.213. The monoisotopic (exact) mass is 363 g/mol. The summed E-state index contributed by atoms with van der Waals surface area (Å²) in [6, 6.07) is 12.0. The van der Waals surface area contributed by atoms with E-state index >= 15 is 0 Å². The van der Waals surface area contributed by atoms with Crippen LogP contribution in [0.25, 0.3) is 0 Å². The molecule has 0 aromatic heterocycles. The van der Waals surface area contributed by atoms with Crippen LogP contribution in [-0.2, 0) is 29.0 Å². The zero-order valence-corrected chi connectivity index (χ0v) is 14.3. The predicted molar refractivity (Wildman–Crippen MR) is 90.2 cm³/mol. The van der Waals surface area contributed by atoms with Crippen molar-refractivity contribution >= 4 is 10.5 Å². The molecule has 1 heterocycles. The molecule has 0 saturated heterocycles. The summed E-state index contributed by atoms with van der Waals surface area (Å²) < 4.78 is 37.8. The maximum absolute atomic E-state index is 12.5. The van der Waals surface area contributed by atoms with E-state index in [0.29, 0.717) is 12.3 Å². The first kappa shape index (κ1) is 16.4. The summed E-state index contributed by atoms with van der Waals surface area (Å²) in [4.78, 5) is 2.34. The SMILES string of the molecule is O=S(=O)(F)Oc1ccc(CN2Cc3ccc(O)cc3C3(CC3)C2)cc1. The molecule has 1 spiro atoms. The lowest BCUT2D eigenvalue weighted by Gasteiger charge is -2.35. The lowest BCUT2D eigenvalue weighted by Crippen LogP contribution is -2.37. The normalized spacial score (nSPS) is 18.8. The van der Waals surface area contributed by atoms with Crippen molar-refractivity contribution in [1.29, 1.82) is 0 Å². The molecule has 0 unspecified atom stereocenters. The Morgan fingerprint density at radius 2 is 1.88 bits per heavy atom. The number of hydrogen-bond acceptors (Lipinski definition) is 5. The molecule has 0 atom stereocenters. The van der Waals surface area contributed by atoms with Crippen LogP contribution in [0, 0.1) is 0 Å². The van der Waals surface area contributed by atoms with Crippen LogP contribution in [0.15, 0.2) is 42.5 Å². The van der Waals surface area contributed by atoms with E-state index in [-0.39, 0.29) is 11.2 Å². The molecule has 2 aromatic carbocycles. The summed E-state index contributed by atoms with van der Waals surface area (Å²) in [5.74, 6) is 0.279. The molecule has 0 radical (unpaired) electrons. The van der Waals surface area contributed by atoms with Crippen LogP contribution >= 0.6 is 0 Å². The van der Waals surface area contributed by atoms with Gasteiger partial charge in [-0.1, -0.05) is 22.1 Å². The second-order valence-corrected chi connectivity index (χ2v) is 7.84. The Labute approximate surface area is 146 Å². The minimum Gasteiger partial charge on any atom is -0.508 e. The molecule has 25 heavy (non-hydrogen) atoms. The summed E-state index contributed by atoms with van der Waals surface area (Å²) in [5.41, 5.74) is 3.66. The predicted octanol–water partition coefficient (Wildman–Crippen LogP) is 3.03. The van der Waals surface area contributed by atoms with Gasteiger partial charge in [0.05, 0.1) is 0 Å². The quantitative estimate of drug-likeness (QED) is 0.846. The van der Waals surface area contributed by atoms with Crippen molar-refractivity contribution in [2.75, 3.05) is 6.54 Å². The average molecular weight is 363 g/mol. The van der Waals surface area contributed by atoms with Gasteiger partial charge < -0.3 is 9.29 Å². The molecule has 1 aliphatic heterocycles. The number of aromatic hydroxyl groups is 1. The maximum atomic E-state index is 12.5. The van der Waals surface area contributed by atoms with Gasteiger partial charge in [0.1, 0.15) is 11.5 Å². The Morgan fingerprint density at radius 1 is 1.16 bits per heavy atom. The summed E-state index contributed by atoms with van der Waals surface area (Å²) in [5, 5.41) is 9.76. The van der Waals surface area contributed by atoms with E-state index in [4.69, 9.17) is 0 Å². The largest absolute Gasteiger partial charge is 0.508 e. The van der Waals surface area contributed by atoms with E-state index in [1.807, 2.05) is 12.1 Å². The smallest absolute Gasteiger partial charge is 0.488 e. The van der Waals surface area contributed by atoms with Gasteiger partial charge in [-0.2, -0.15) is 8.42 Å². The van der Waals surface area contributed by atoms with Gasteiger partial charge in [-0.25, -0.2) is 0 Å². The molecule has 0 amide bonds. The second kappa shape index (κ2) is 5.71. The van der Waals surface area contributed by atoms with Crippen LogP contribution in [-0.4, -0.2) is 25.0 Å². The molecular formula is C18H18FNO4S. The lowest BCUT2D eigenvalue weighted by atomic mass is 9.86. The van der Waals surface area contributed by atoms with Crippen LogP contribution in [0.1, 0.15) is 29.5 Å². The fraction of sp³-hybridized carbons (Fsp3) is 0.333. The van der Waals surface area contributed by atoms with Gasteiger partial charge in [-0.05, 0) is 53.8 Å². The minimum atomic E-state index is -4.99. The van der Waals surface area contributed by atoms with Gasteiger partial charge in [-0.15, -0.1) is 0 Å². The van der Waals surface area contributed by atoms with E-state index in [2.05, 4.69) is 9.08 Å². The van der Waals surface area contributed by atoms with Gasteiger partial charge in [0.15, 0.2) is 0 Å². The third-order valence-electron chi connectivity index (χ3n) is 4.96. The highest BCUT2D eigenvalue weighted by atomic mass is 32.3. The molecule has 132 valence electrons. The second-order valence-electron chi connectivity index (χ2n) is 6.89. The van der Waals surface area contributed by atoms with Crippen molar-refractivity contribution in [3.63, 3.8) is 0 Å². The summed E-state index contributed by atoms with van der Waals surface area (Å²) >= 11 is 0. The van der Waals surface area contributed by atoms with Crippen LogP contribution in [0.2, 0.25) is 0 Å². The molecule has 1 N–H and O–H groups in total. The molecule has 1 aliphatic carbocycles. The number of phenolic OH excluding ortho intramolecular Hbond substituents is 1. The van der Waals surface area contributed by atoms with E-state index in [1.54, 1.807) is 18.2 Å². The van der Waals surface area contributed by atoms with Crippen LogP contribution in [0.3, 0.4) is 0 Å². The Hall–Kier alpha value is -2.12. The van der Waals surface area contributed by atoms with Gasteiger partial charge in [0.25, 0.3) is 0 Å². The van der Waals surface area contributed by atoms with Crippen LogP contribution in [0.5, 0.6) is 11.5 Å². The van der Waals surface area contributed by atoms with Gasteiger partial charge >= 0.3 is 10.5 Å². The molecule has 7 heteroatoms. The van der Waals surface area contributed by atoms with E-state index in [0.717, 1.165) is 31.5 Å². The zero-order chi connectivity index (χ0) is 17.7. The average Bonchev–Trinajstić information content (AvgIpc) is 3.29. The van der Waals surface area contributed by atoms with Crippen molar-refractivity contribution < 1.29 is 21.6 Å². The topological polar surface area (TPSA) is 66.8 Å². The maximum Gasteiger partial charge on any atom is 0.488 e. The van der Waals surface area contributed by atoms with Crippen molar-refractivity contribution in [3.8, 4) is 11.5 Å². The first-order chi connectivity index (χ1) is 11.8. The number of nitrogens with zero attached hydrogens (tertiary/aromatic N) is 1. The Kier molecular flexibility index (Phi) is 3.73. The molecule has 2 aliphatic rings. The Balaban J connectivity index is 1.50. The first-order valence-electron chi connectivity index (χ1n) is 8.11. The van der Waals surface area contributed by atoms with E-state index in [9.17, 15) is 17.4 Å². The summed E-state index contributed by atoms with van der Waals surface area (Å²) in [6.07, 6.45) is 2.25. The first-order valence-corrected chi connectivity index (χ1v) is 9.42. The van der Waals surface area contributed by atoms with Crippen molar-refractivity contribution in [2.45, 2.75) is 31.3 Å². The van der Waals surface area contributed by atoms with Gasteiger partial charge in [0.2, 0.25) is 0 Å². The van der Waals surface area contributed by atoms with E-state index in [1.165, 1.54) is 23.3 Å². The fourth-order valence-electron chi connectivity index (χ4n) is 3.72.